The molecule has 2 N–H and O–H groups in total. The first kappa shape index (κ1) is 20.8. The Morgan fingerprint density at radius 2 is 1.68 bits per heavy atom. The summed E-state index contributed by atoms with van der Waals surface area (Å²) >= 11 is 9.26. The van der Waals surface area contributed by atoms with Gasteiger partial charge in [0, 0.05) is 23.1 Å². The number of carbonyl (C=O) groups is 2. The molecule has 148 valence electrons. The molecule has 0 unspecified atom stereocenters. The molecule has 3 rings (SSSR count). The molecule has 1 heterocycles. The van der Waals surface area contributed by atoms with Crippen LogP contribution in [0, 0.1) is 0 Å². The first-order valence-electron chi connectivity index (χ1n) is 8.45. The third-order valence-corrected chi connectivity index (χ3v) is 6.96. The zero-order chi connectivity index (χ0) is 20.3. The van der Waals surface area contributed by atoms with Crippen LogP contribution in [0.25, 0.3) is 0 Å². The summed E-state index contributed by atoms with van der Waals surface area (Å²) in [5.74, 6) is -1.23. The van der Waals surface area contributed by atoms with E-state index in [0.717, 1.165) is 12.8 Å². The molecule has 1 fully saturated rings. The standard InChI is InChI=1S/C18H17BrClN3O4S/c19-13-6-7-15(16(20)11-13)18(25)22-21-17(24)12-4-3-5-14(10-12)28(26,27)23-8-1-2-9-23/h3-7,10-11H,1-2,8-9H2,(H,21,24)(H,22,25). The SMILES string of the molecule is O=C(NNC(=O)c1ccc(Br)cc1Cl)c1cccc(S(=O)(=O)N2CCCC2)c1. The van der Waals surface area contributed by atoms with Crippen molar-refractivity contribution in [3.8, 4) is 0 Å². The van der Waals surface area contributed by atoms with E-state index in [1.165, 1.54) is 34.6 Å². The van der Waals surface area contributed by atoms with Crippen LogP contribution in [0.1, 0.15) is 33.6 Å². The van der Waals surface area contributed by atoms with Crippen LogP contribution >= 0.6 is 27.5 Å². The lowest BCUT2D eigenvalue weighted by Gasteiger charge is -2.16. The lowest BCUT2D eigenvalue weighted by molar-refractivity contribution is 0.0846. The summed E-state index contributed by atoms with van der Waals surface area (Å²) in [6.07, 6.45) is 1.65. The molecule has 1 aliphatic heterocycles. The third kappa shape index (κ3) is 4.54. The second-order valence-corrected chi connectivity index (χ2v) is 9.43. The van der Waals surface area contributed by atoms with Crippen LogP contribution in [-0.4, -0.2) is 37.6 Å². The number of nitrogens with zero attached hydrogens (tertiary/aromatic N) is 1. The number of hydrogen-bond acceptors (Lipinski definition) is 4. The lowest BCUT2D eigenvalue weighted by Crippen LogP contribution is -2.41. The predicted molar refractivity (Wildman–Crippen MR) is 109 cm³/mol. The number of hydrazine groups is 1. The average molecular weight is 487 g/mol. The van der Waals surface area contributed by atoms with E-state index in [1.54, 1.807) is 12.1 Å². The Hall–Kier alpha value is -1.94. The number of rotatable bonds is 4. The summed E-state index contributed by atoms with van der Waals surface area (Å²) in [5, 5.41) is 0.222. The first-order chi connectivity index (χ1) is 13.3. The van der Waals surface area contributed by atoms with Crippen molar-refractivity contribution in [1.29, 1.82) is 0 Å². The van der Waals surface area contributed by atoms with E-state index < -0.39 is 21.8 Å². The highest BCUT2D eigenvalue weighted by Gasteiger charge is 2.27. The molecule has 0 atom stereocenters. The minimum Gasteiger partial charge on any atom is -0.267 e. The molecule has 0 spiro atoms. The van der Waals surface area contributed by atoms with Gasteiger partial charge < -0.3 is 0 Å². The maximum absolute atomic E-state index is 12.6. The van der Waals surface area contributed by atoms with E-state index in [9.17, 15) is 18.0 Å². The van der Waals surface area contributed by atoms with Gasteiger partial charge in [0.2, 0.25) is 10.0 Å². The number of nitrogens with one attached hydrogen (secondary N) is 2. The van der Waals surface area contributed by atoms with Crippen LogP contribution < -0.4 is 10.9 Å². The monoisotopic (exact) mass is 485 g/mol. The van der Waals surface area contributed by atoms with Gasteiger partial charge in [-0.2, -0.15) is 4.31 Å². The molecule has 0 bridgehead atoms. The first-order valence-corrected chi connectivity index (χ1v) is 11.1. The van der Waals surface area contributed by atoms with Gasteiger partial charge in [-0.05, 0) is 49.2 Å². The summed E-state index contributed by atoms with van der Waals surface area (Å²) in [6, 6.07) is 10.4. The Morgan fingerprint density at radius 1 is 1.00 bits per heavy atom. The van der Waals surface area contributed by atoms with Crippen LogP contribution in [0.15, 0.2) is 51.8 Å². The highest BCUT2D eigenvalue weighted by Crippen LogP contribution is 2.22. The van der Waals surface area contributed by atoms with Crippen molar-refractivity contribution in [3.63, 3.8) is 0 Å². The van der Waals surface area contributed by atoms with Crippen molar-refractivity contribution in [1.82, 2.24) is 15.2 Å². The molecule has 0 aromatic heterocycles. The van der Waals surface area contributed by atoms with Gasteiger partial charge in [0.05, 0.1) is 15.5 Å². The van der Waals surface area contributed by atoms with Crippen molar-refractivity contribution in [3.05, 3.63) is 63.1 Å². The molecule has 2 aromatic rings. The maximum Gasteiger partial charge on any atom is 0.271 e. The summed E-state index contributed by atoms with van der Waals surface area (Å²) in [4.78, 5) is 24.6. The molecule has 28 heavy (non-hydrogen) atoms. The normalized spacial score (nSPS) is 14.6. The molecule has 0 saturated carbocycles. The van der Waals surface area contributed by atoms with Crippen molar-refractivity contribution >= 4 is 49.4 Å². The van der Waals surface area contributed by atoms with Gasteiger partial charge in [0.25, 0.3) is 11.8 Å². The number of amides is 2. The van der Waals surface area contributed by atoms with Crippen LogP contribution in [0.5, 0.6) is 0 Å². The van der Waals surface area contributed by atoms with Crippen molar-refractivity contribution in [2.75, 3.05) is 13.1 Å². The number of carbonyl (C=O) groups excluding carboxylic acids is 2. The number of sulfonamides is 1. The average Bonchev–Trinajstić information content (AvgIpc) is 3.21. The number of hydrogen-bond donors (Lipinski definition) is 2. The summed E-state index contributed by atoms with van der Waals surface area (Å²) in [5.41, 5.74) is 4.85. The fraction of sp³-hybridized carbons (Fsp3) is 0.222. The summed E-state index contributed by atoms with van der Waals surface area (Å²) in [7, 11) is -3.63. The van der Waals surface area contributed by atoms with Gasteiger partial charge in [0.1, 0.15) is 0 Å². The molecular formula is C18H17BrClN3O4S. The second kappa shape index (κ2) is 8.60. The van der Waals surface area contributed by atoms with E-state index in [-0.39, 0.29) is 21.0 Å². The zero-order valence-corrected chi connectivity index (χ0v) is 17.8. The third-order valence-electron chi connectivity index (χ3n) is 4.26. The van der Waals surface area contributed by atoms with Gasteiger partial charge in [-0.15, -0.1) is 0 Å². The van der Waals surface area contributed by atoms with E-state index in [1.807, 2.05) is 0 Å². The van der Waals surface area contributed by atoms with Crippen LogP contribution in [0.3, 0.4) is 0 Å². The predicted octanol–water partition coefficient (Wildman–Crippen LogP) is 2.96. The van der Waals surface area contributed by atoms with Crippen molar-refractivity contribution in [2.24, 2.45) is 0 Å². The van der Waals surface area contributed by atoms with Gasteiger partial charge in [-0.25, -0.2) is 8.42 Å². The molecule has 7 nitrogen and oxygen atoms in total. The number of halogens is 2. The quantitative estimate of drug-likeness (QED) is 0.650. The second-order valence-electron chi connectivity index (χ2n) is 6.17. The lowest BCUT2D eigenvalue weighted by atomic mass is 10.2. The van der Waals surface area contributed by atoms with Gasteiger partial charge >= 0.3 is 0 Å². The zero-order valence-electron chi connectivity index (χ0n) is 14.6. The van der Waals surface area contributed by atoms with Gasteiger partial charge in [-0.3, -0.25) is 20.4 Å². The van der Waals surface area contributed by atoms with Crippen LogP contribution in [-0.2, 0) is 10.0 Å². The van der Waals surface area contributed by atoms with Crippen LogP contribution in [0.2, 0.25) is 5.02 Å². The Labute approximate surface area is 176 Å². The van der Waals surface area contributed by atoms with Crippen LogP contribution in [0.4, 0.5) is 0 Å². The molecular weight excluding hydrogens is 470 g/mol. The molecule has 1 saturated heterocycles. The fourth-order valence-electron chi connectivity index (χ4n) is 2.80. The van der Waals surface area contributed by atoms with Crippen molar-refractivity contribution < 1.29 is 18.0 Å². The minimum atomic E-state index is -3.63. The minimum absolute atomic E-state index is 0.0457. The Morgan fingerprint density at radius 3 is 2.36 bits per heavy atom. The molecule has 2 aromatic carbocycles. The van der Waals surface area contributed by atoms with Gasteiger partial charge in [-0.1, -0.05) is 33.6 Å². The Bertz CT molecular complexity index is 1020. The molecule has 0 aliphatic carbocycles. The topological polar surface area (TPSA) is 95.6 Å². The van der Waals surface area contributed by atoms with E-state index in [4.69, 9.17) is 11.6 Å². The van der Waals surface area contributed by atoms with E-state index in [0.29, 0.717) is 17.6 Å². The maximum atomic E-state index is 12.6. The van der Waals surface area contributed by atoms with Crippen molar-refractivity contribution in [2.45, 2.75) is 17.7 Å². The van der Waals surface area contributed by atoms with Gasteiger partial charge in [0.15, 0.2) is 0 Å². The molecule has 10 heteroatoms. The van der Waals surface area contributed by atoms with E-state index >= 15 is 0 Å². The Kier molecular flexibility index (Phi) is 6.39. The summed E-state index contributed by atoms with van der Waals surface area (Å²) < 4.78 is 27.4. The molecule has 2 amide bonds. The van der Waals surface area contributed by atoms with E-state index in [2.05, 4.69) is 26.8 Å². The Balaban J connectivity index is 1.70. The molecule has 1 aliphatic rings. The largest absolute Gasteiger partial charge is 0.271 e. The highest BCUT2D eigenvalue weighted by molar-refractivity contribution is 9.10. The smallest absolute Gasteiger partial charge is 0.267 e. The number of benzene rings is 2. The molecule has 0 radical (unpaired) electrons. The fourth-order valence-corrected chi connectivity index (χ4v) is 5.12. The highest BCUT2D eigenvalue weighted by atomic mass is 79.9. The summed E-state index contributed by atoms with van der Waals surface area (Å²) in [6.45, 7) is 0.950.